The molecule has 0 unspecified atom stereocenters. The van der Waals surface area contributed by atoms with Gasteiger partial charge in [0.15, 0.2) is 0 Å². The molecule has 0 spiro atoms. The van der Waals surface area contributed by atoms with Gasteiger partial charge < -0.3 is 25.8 Å². The van der Waals surface area contributed by atoms with Crippen molar-refractivity contribution >= 4 is 29.8 Å². The summed E-state index contributed by atoms with van der Waals surface area (Å²) in [4.78, 5) is 54.2. The molecule has 2 atom stereocenters. The first-order valence-corrected chi connectivity index (χ1v) is 11.4. The lowest BCUT2D eigenvalue weighted by molar-refractivity contribution is -0.159. The fraction of sp³-hybridized carbons (Fsp3) is 0.542. The van der Waals surface area contributed by atoms with Crippen LogP contribution in [0.4, 0.5) is 13.2 Å². The number of hydrogen-bond donors (Lipinski definition) is 2. The molecule has 0 aliphatic rings. The summed E-state index contributed by atoms with van der Waals surface area (Å²) in [6.07, 6.45) is -4.49. The van der Waals surface area contributed by atoms with E-state index in [0.29, 0.717) is 11.8 Å². The van der Waals surface area contributed by atoms with E-state index in [1.807, 2.05) is 0 Å². The van der Waals surface area contributed by atoms with Gasteiger partial charge in [0.1, 0.15) is 17.7 Å². The Morgan fingerprint density at radius 3 is 2.14 bits per heavy atom. The summed E-state index contributed by atoms with van der Waals surface area (Å²) < 4.78 is 44.0. The fourth-order valence-corrected chi connectivity index (χ4v) is 3.11. The predicted octanol–water partition coefficient (Wildman–Crippen LogP) is 1.77. The van der Waals surface area contributed by atoms with Crippen LogP contribution in [0.1, 0.15) is 44.7 Å². The van der Waals surface area contributed by atoms with Crippen molar-refractivity contribution in [3.05, 3.63) is 40.9 Å². The molecule has 0 saturated heterocycles. The molecule has 0 aromatic heterocycles. The van der Waals surface area contributed by atoms with Crippen molar-refractivity contribution in [2.75, 3.05) is 20.6 Å². The second kappa shape index (κ2) is 13.7. The molecule has 0 radical (unpaired) electrons. The van der Waals surface area contributed by atoms with Gasteiger partial charge in [-0.15, -0.1) is 0 Å². The minimum absolute atomic E-state index is 0.0682. The molecule has 37 heavy (non-hydrogen) atoms. The number of Topliss-reactive ketones (excluding diaryl/α,β-unsaturated/α-hetero) is 1. The first-order chi connectivity index (χ1) is 17.0. The van der Waals surface area contributed by atoms with Crippen LogP contribution in [0.2, 0.25) is 0 Å². The van der Waals surface area contributed by atoms with Crippen LogP contribution < -0.4 is 10.6 Å². The van der Waals surface area contributed by atoms with Gasteiger partial charge in [0, 0.05) is 12.8 Å². The van der Waals surface area contributed by atoms with Gasteiger partial charge in [0.05, 0.1) is 12.1 Å². The van der Waals surface area contributed by atoms with Gasteiger partial charge in [-0.2, -0.15) is 18.0 Å². The highest BCUT2D eigenvalue weighted by Gasteiger charge is 2.32. The summed E-state index contributed by atoms with van der Waals surface area (Å²) in [7, 11) is 3.27. The average Bonchev–Trinajstić information content (AvgIpc) is 2.74. The summed E-state index contributed by atoms with van der Waals surface area (Å²) in [6, 6.07) is 1.58. The molecule has 0 heterocycles. The van der Waals surface area contributed by atoms with Crippen LogP contribution in [0.3, 0.4) is 0 Å². The molecule has 0 bridgehead atoms. The van der Waals surface area contributed by atoms with Crippen LogP contribution in [-0.2, 0) is 36.5 Å². The second-order valence-electron chi connectivity index (χ2n) is 9.60. The first kappa shape index (κ1) is 31.5. The van der Waals surface area contributed by atoms with E-state index < -0.39 is 53.0 Å². The number of halogens is 3. The van der Waals surface area contributed by atoms with Crippen LogP contribution in [0.5, 0.6) is 0 Å². The third-order valence-corrected chi connectivity index (χ3v) is 4.72. The normalized spacial score (nSPS) is 13.2. The smallest absolute Gasteiger partial charge is 0.416 e. The number of ketones is 1. The van der Waals surface area contributed by atoms with Crippen molar-refractivity contribution in [1.82, 2.24) is 15.5 Å². The molecule has 0 aliphatic heterocycles. The van der Waals surface area contributed by atoms with Crippen molar-refractivity contribution in [3.63, 3.8) is 0 Å². The SMILES string of the molecule is CN(C)CC(=O)N[C@@H](Cc1ccc(C(F)(F)F)cc1)C(=O)N[C@@H](CCC(=O)C=[N+]=[N-])C(=O)OC(C)(C)C. The maximum Gasteiger partial charge on any atom is 0.416 e. The maximum absolute atomic E-state index is 13.2. The first-order valence-electron chi connectivity index (χ1n) is 11.4. The van der Waals surface area contributed by atoms with Crippen LogP contribution in [0.15, 0.2) is 24.3 Å². The molecule has 2 amide bonds. The number of nitrogens with one attached hydrogen (secondary N) is 2. The van der Waals surface area contributed by atoms with Crippen LogP contribution >= 0.6 is 0 Å². The van der Waals surface area contributed by atoms with Crippen LogP contribution in [0, 0.1) is 0 Å². The highest BCUT2D eigenvalue weighted by molar-refractivity contribution is 6.25. The Balaban J connectivity index is 3.17. The van der Waals surface area contributed by atoms with Crippen molar-refractivity contribution < 1.29 is 41.9 Å². The number of esters is 1. The molecule has 1 aromatic rings. The summed E-state index contributed by atoms with van der Waals surface area (Å²) in [5.41, 5.74) is 7.07. The zero-order valence-corrected chi connectivity index (χ0v) is 21.4. The molecule has 0 fully saturated rings. The van der Waals surface area contributed by atoms with Crippen molar-refractivity contribution in [3.8, 4) is 0 Å². The molecule has 13 heteroatoms. The number of ether oxygens (including phenoxy) is 1. The van der Waals surface area contributed by atoms with Gasteiger partial charge >= 0.3 is 18.4 Å². The third kappa shape index (κ3) is 12.3. The molecule has 0 aliphatic carbocycles. The number of carbonyl (C=O) groups excluding carboxylic acids is 4. The molecule has 10 nitrogen and oxygen atoms in total. The van der Waals surface area contributed by atoms with E-state index in [4.69, 9.17) is 10.3 Å². The number of amides is 2. The van der Waals surface area contributed by atoms with Crippen LogP contribution in [-0.4, -0.2) is 77.8 Å². The Morgan fingerprint density at radius 2 is 1.65 bits per heavy atom. The molecular weight excluding hydrogens is 495 g/mol. The predicted molar refractivity (Wildman–Crippen MR) is 127 cm³/mol. The van der Waals surface area contributed by atoms with E-state index in [1.54, 1.807) is 39.8 Å². The van der Waals surface area contributed by atoms with Crippen LogP contribution in [0.25, 0.3) is 5.53 Å². The molecule has 1 rings (SSSR count). The number of hydrogen-bond acceptors (Lipinski definition) is 6. The van der Waals surface area contributed by atoms with Gasteiger partial charge in [-0.3, -0.25) is 14.4 Å². The Bertz CT molecular complexity index is 1010. The lowest BCUT2D eigenvalue weighted by Crippen LogP contribution is -2.54. The average molecular weight is 528 g/mol. The van der Waals surface area contributed by atoms with E-state index in [-0.39, 0.29) is 25.8 Å². The number of nitrogens with zero attached hydrogens (tertiary/aromatic N) is 3. The van der Waals surface area contributed by atoms with Gasteiger partial charge in [-0.25, -0.2) is 4.79 Å². The van der Waals surface area contributed by atoms with Crippen molar-refractivity contribution in [2.45, 2.75) is 63.9 Å². The summed E-state index contributed by atoms with van der Waals surface area (Å²) in [5, 5.41) is 5.00. The fourth-order valence-electron chi connectivity index (χ4n) is 3.11. The summed E-state index contributed by atoms with van der Waals surface area (Å²) >= 11 is 0. The largest absolute Gasteiger partial charge is 0.458 e. The zero-order valence-electron chi connectivity index (χ0n) is 21.4. The van der Waals surface area contributed by atoms with Crippen molar-refractivity contribution in [2.24, 2.45) is 0 Å². The third-order valence-electron chi connectivity index (χ3n) is 4.72. The lowest BCUT2D eigenvalue weighted by atomic mass is 10.0. The Kier molecular flexibility index (Phi) is 11.6. The molecule has 2 N–H and O–H groups in total. The number of likely N-dealkylation sites (N-methyl/N-ethyl adjacent to an activating group) is 1. The monoisotopic (exact) mass is 527 g/mol. The zero-order chi connectivity index (χ0) is 28.4. The standard InChI is InChI=1S/C24H32F3N5O5/c1-23(2,3)37-22(36)18(11-10-17(33)13-29-28)31-21(35)19(30-20(34)14-32(4)5)12-15-6-8-16(9-7-15)24(25,26)27/h6-9,13,18-19H,10-12,14H2,1-5H3,(H,30,34)(H,31,35)/t18-,19-/m0/s1. The Labute approximate surface area is 213 Å². The maximum atomic E-state index is 13.2. The molecular formula is C24H32F3N5O5. The molecule has 0 saturated carbocycles. The summed E-state index contributed by atoms with van der Waals surface area (Å²) in [5.74, 6) is -2.76. The van der Waals surface area contributed by atoms with Gasteiger partial charge in [-0.05, 0) is 59.0 Å². The van der Waals surface area contributed by atoms with Gasteiger partial charge in [-0.1, -0.05) is 12.1 Å². The molecule has 1 aromatic carbocycles. The Morgan fingerprint density at radius 1 is 1.05 bits per heavy atom. The highest BCUT2D eigenvalue weighted by Crippen LogP contribution is 2.29. The highest BCUT2D eigenvalue weighted by atomic mass is 19.4. The van der Waals surface area contributed by atoms with Gasteiger partial charge in [0.2, 0.25) is 17.6 Å². The van der Waals surface area contributed by atoms with E-state index in [0.717, 1.165) is 12.1 Å². The minimum atomic E-state index is -4.53. The number of alkyl halides is 3. The Hall–Kier alpha value is -3.57. The second-order valence-corrected chi connectivity index (χ2v) is 9.60. The van der Waals surface area contributed by atoms with Crippen molar-refractivity contribution in [1.29, 1.82) is 0 Å². The summed E-state index contributed by atoms with van der Waals surface area (Å²) in [6.45, 7) is 4.77. The van der Waals surface area contributed by atoms with E-state index in [9.17, 15) is 32.3 Å². The van der Waals surface area contributed by atoms with E-state index in [1.165, 1.54) is 12.1 Å². The lowest BCUT2D eigenvalue weighted by Gasteiger charge is -2.26. The van der Waals surface area contributed by atoms with E-state index >= 15 is 0 Å². The topological polar surface area (TPSA) is 141 Å². The molecule has 204 valence electrons. The number of rotatable bonds is 12. The number of carbonyl (C=O) groups is 4. The van der Waals surface area contributed by atoms with E-state index in [2.05, 4.69) is 15.4 Å². The quantitative estimate of drug-likeness (QED) is 0.184. The van der Waals surface area contributed by atoms with Gasteiger partial charge in [0.25, 0.3) is 0 Å². The minimum Gasteiger partial charge on any atom is -0.458 e. The number of benzene rings is 1.